The van der Waals surface area contributed by atoms with E-state index in [1.165, 1.54) is 0 Å². The fraction of sp³-hybridized carbons (Fsp3) is 0.368. The molecule has 6 heteroatoms. The Kier molecular flexibility index (Phi) is 5.50. The number of ether oxygens (including phenoxy) is 1. The van der Waals surface area contributed by atoms with Crippen LogP contribution >= 0.6 is 0 Å². The Morgan fingerprint density at radius 1 is 1.20 bits per heavy atom. The van der Waals surface area contributed by atoms with Crippen LogP contribution in [-0.4, -0.2) is 23.0 Å². The first kappa shape index (κ1) is 17.2. The highest BCUT2D eigenvalue weighted by Gasteiger charge is 2.20. The maximum absolute atomic E-state index is 12.4. The van der Waals surface area contributed by atoms with Crippen molar-refractivity contribution in [3.8, 4) is 5.75 Å². The quantitative estimate of drug-likeness (QED) is 0.774. The van der Waals surface area contributed by atoms with Gasteiger partial charge in [0.1, 0.15) is 18.2 Å². The lowest BCUT2D eigenvalue weighted by Crippen LogP contribution is -2.40. The molecule has 1 aliphatic rings. The summed E-state index contributed by atoms with van der Waals surface area (Å²) in [4.78, 5) is 16.5. The SMILES string of the molecule is Nc1ccc(COc2cccc(C(=O)NC3CCC(N)CC3)c2)cn1. The number of nitrogen functional groups attached to an aromatic ring is 1. The van der Waals surface area contributed by atoms with Gasteiger partial charge in [0.05, 0.1) is 0 Å². The molecule has 5 N–H and O–H groups in total. The smallest absolute Gasteiger partial charge is 0.251 e. The minimum absolute atomic E-state index is 0.0694. The van der Waals surface area contributed by atoms with E-state index in [1.807, 2.05) is 18.2 Å². The van der Waals surface area contributed by atoms with Gasteiger partial charge in [-0.1, -0.05) is 12.1 Å². The van der Waals surface area contributed by atoms with Crippen molar-refractivity contribution in [1.29, 1.82) is 0 Å². The van der Waals surface area contributed by atoms with Crippen LogP contribution in [0.2, 0.25) is 0 Å². The monoisotopic (exact) mass is 340 g/mol. The molecule has 1 saturated carbocycles. The van der Waals surface area contributed by atoms with Crippen molar-refractivity contribution in [2.24, 2.45) is 5.73 Å². The van der Waals surface area contributed by atoms with E-state index in [2.05, 4.69) is 10.3 Å². The van der Waals surface area contributed by atoms with Crippen molar-refractivity contribution in [2.75, 3.05) is 5.73 Å². The number of amides is 1. The number of carbonyl (C=O) groups is 1. The molecule has 2 aromatic rings. The third kappa shape index (κ3) is 4.93. The Labute approximate surface area is 147 Å². The molecule has 0 radical (unpaired) electrons. The van der Waals surface area contributed by atoms with Gasteiger partial charge in [-0.15, -0.1) is 0 Å². The Hall–Kier alpha value is -2.60. The van der Waals surface area contributed by atoms with Gasteiger partial charge in [-0.2, -0.15) is 0 Å². The first-order chi connectivity index (χ1) is 12.1. The zero-order valence-electron chi connectivity index (χ0n) is 14.2. The molecule has 6 nitrogen and oxygen atoms in total. The van der Waals surface area contributed by atoms with Gasteiger partial charge >= 0.3 is 0 Å². The van der Waals surface area contributed by atoms with Gasteiger partial charge in [0.15, 0.2) is 0 Å². The average molecular weight is 340 g/mol. The van der Waals surface area contributed by atoms with Crippen LogP contribution in [0.1, 0.15) is 41.6 Å². The predicted octanol–water partition coefficient (Wildman–Crippen LogP) is 2.24. The van der Waals surface area contributed by atoms with E-state index in [-0.39, 0.29) is 18.0 Å². The molecular formula is C19H24N4O2. The molecule has 1 aromatic carbocycles. The van der Waals surface area contributed by atoms with Crippen LogP contribution in [0.4, 0.5) is 5.82 Å². The predicted molar refractivity (Wildman–Crippen MR) is 97.1 cm³/mol. The lowest BCUT2D eigenvalue weighted by atomic mass is 9.91. The largest absolute Gasteiger partial charge is 0.489 e. The lowest BCUT2D eigenvalue weighted by Gasteiger charge is -2.26. The zero-order valence-corrected chi connectivity index (χ0v) is 14.2. The number of anilines is 1. The number of nitrogens with one attached hydrogen (secondary N) is 1. The van der Waals surface area contributed by atoms with Crippen LogP contribution < -0.4 is 21.5 Å². The first-order valence-electron chi connectivity index (χ1n) is 8.60. The molecule has 1 aliphatic carbocycles. The Bertz CT molecular complexity index is 710. The molecule has 0 saturated heterocycles. The number of benzene rings is 1. The van der Waals surface area contributed by atoms with Crippen LogP contribution in [0.25, 0.3) is 0 Å². The van der Waals surface area contributed by atoms with E-state index in [1.54, 1.807) is 24.4 Å². The van der Waals surface area contributed by atoms with E-state index in [0.29, 0.717) is 23.7 Å². The van der Waals surface area contributed by atoms with Gasteiger partial charge in [0.25, 0.3) is 5.91 Å². The van der Waals surface area contributed by atoms with Crippen LogP contribution in [0.15, 0.2) is 42.6 Å². The molecule has 1 heterocycles. The van der Waals surface area contributed by atoms with Crippen LogP contribution in [0.5, 0.6) is 5.75 Å². The third-order valence-electron chi connectivity index (χ3n) is 4.46. The van der Waals surface area contributed by atoms with Gasteiger partial charge in [-0.25, -0.2) is 4.98 Å². The number of hydrogen-bond acceptors (Lipinski definition) is 5. The number of pyridine rings is 1. The second-order valence-electron chi connectivity index (χ2n) is 6.49. The minimum Gasteiger partial charge on any atom is -0.489 e. The van der Waals surface area contributed by atoms with Crippen molar-refractivity contribution in [1.82, 2.24) is 10.3 Å². The topological polar surface area (TPSA) is 103 Å². The zero-order chi connectivity index (χ0) is 17.6. The highest BCUT2D eigenvalue weighted by molar-refractivity contribution is 5.94. The van der Waals surface area contributed by atoms with Crippen molar-refractivity contribution < 1.29 is 9.53 Å². The number of nitrogens with two attached hydrogens (primary N) is 2. The summed E-state index contributed by atoms with van der Waals surface area (Å²) in [6.45, 7) is 0.374. The number of carbonyl (C=O) groups excluding carboxylic acids is 1. The number of rotatable bonds is 5. The van der Waals surface area contributed by atoms with Crippen molar-refractivity contribution in [2.45, 2.75) is 44.4 Å². The van der Waals surface area contributed by atoms with E-state index in [4.69, 9.17) is 16.2 Å². The minimum atomic E-state index is -0.0694. The Morgan fingerprint density at radius 2 is 2.00 bits per heavy atom. The highest BCUT2D eigenvalue weighted by atomic mass is 16.5. The summed E-state index contributed by atoms with van der Waals surface area (Å²) in [5.41, 5.74) is 13.0. The fourth-order valence-corrected chi connectivity index (χ4v) is 2.95. The average Bonchev–Trinajstić information content (AvgIpc) is 2.63. The second kappa shape index (κ2) is 7.98. The van der Waals surface area contributed by atoms with E-state index < -0.39 is 0 Å². The van der Waals surface area contributed by atoms with Crippen molar-refractivity contribution >= 4 is 11.7 Å². The normalized spacial score (nSPS) is 20.0. The standard InChI is InChI=1S/C19H24N4O2/c20-15-5-7-16(8-6-15)23-19(24)14-2-1-3-17(10-14)25-12-13-4-9-18(21)22-11-13/h1-4,9-11,15-16H,5-8,12,20H2,(H2,21,22)(H,23,24). The van der Waals surface area contributed by atoms with Crippen LogP contribution in [-0.2, 0) is 6.61 Å². The molecule has 0 aliphatic heterocycles. The molecule has 132 valence electrons. The van der Waals surface area contributed by atoms with E-state index >= 15 is 0 Å². The molecule has 0 bridgehead atoms. The molecule has 0 atom stereocenters. The Morgan fingerprint density at radius 3 is 2.72 bits per heavy atom. The van der Waals surface area contributed by atoms with Gasteiger partial charge in [0.2, 0.25) is 0 Å². The first-order valence-corrected chi connectivity index (χ1v) is 8.60. The summed E-state index contributed by atoms with van der Waals surface area (Å²) in [7, 11) is 0. The molecule has 25 heavy (non-hydrogen) atoms. The van der Waals surface area contributed by atoms with Gasteiger partial charge < -0.3 is 21.5 Å². The maximum atomic E-state index is 12.4. The summed E-state index contributed by atoms with van der Waals surface area (Å²) in [5, 5.41) is 3.09. The molecule has 1 amide bonds. The molecular weight excluding hydrogens is 316 g/mol. The van der Waals surface area contributed by atoms with Crippen molar-refractivity contribution in [3.05, 3.63) is 53.7 Å². The summed E-state index contributed by atoms with van der Waals surface area (Å²) < 4.78 is 5.75. The summed E-state index contributed by atoms with van der Waals surface area (Å²) in [6, 6.07) is 11.3. The molecule has 1 fully saturated rings. The second-order valence-corrected chi connectivity index (χ2v) is 6.49. The molecule has 0 unspecified atom stereocenters. The molecule has 3 rings (SSSR count). The van der Waals surface area contributed by atoms with Crippen LogP contribution in [0, 0.1) is 0 Å². The van der Waals surface area contributed by atoms with Gasteiger partial charge in [-0.05, 0) is 49.9 Å². The highest BCUT2D eigenvalue weighted by Crippen LogP contribution is 2.19. The maximum Gasteiger partial charge on any atom is 0.251 e. The van der Waals surface area contributed by atoms with Gasteiger partial charge in [-0.3, -0.25) is 4.79 Å². The Balaban J connectivity index is 1.56. The third-order valence-corrected chi connectivity index (χ3v) is 4.46. The molecule has 1 aromatic heterocycles. The fourth-order valence-electron chi connectivity index (χ4n) is 2.95. The lowest BCUT2D eigenvalue weighted by molar-refractivity contribution is 0.0925. The molecule has 0 spiro atoms. The van der Waals surface area contributed by atoms with Gasteiger partial charge in [0, 0.05) is 29.4 Å². The number of nitrogens with zero attached hydrogens (tertiary/aromatic N) is 1. The van der Waals surface area contributed by atoms with Crippen LogP contribution in [0.3, 0.4) is 0 Å². The summed E-state index contributed by atoms with van der Waals surface area (Å²) >= 11 is 0. The summed E-state index contributed by atoms with van der Waals surface area (Å²) in [6.07, 6.45) is 5.48. The number of hydrogen-bond donors (Lipinski definition) is 3. The van der Waals surface area contributed by atoms with E-state index in [9.17, 15) is 4.79 Å². The number of aromatic nitrogens is 1. The summed E-state index contributed by atoms with van der Waals surface area (Å²) in [5.74, 6) is 1.06. The van der Waals surface area contributed by atoms with Crippen molar-refractivity contribution in [3.63, 3.8) is 0 Å². The van der Waals surface area contributed by atoms with E-state index in [0.717, 1.165) is 31.2 Å².